The van der Waals surface area contributed by atoms with Crippen molar-refractivity contribution >= 4 is 17.7 Å². The molecular weight excluding hydrogens is 288 g/mol. The van der Waals surface area contributed by atoms with Crippen molar-refractivity contribution in [1.82, 2.24) is 0 Å². The maximum absolute atomic E-state index is 11.1. The summed E-state index contributed by atoms with van der Waals surface area (Å²) in [6.45, 7) is 3.68. The van der Waals surface area contributed by atoms with E-state index in [4.69, 9.17) is 14.9 Å². The largest absolute Gasteiger partial charge is 0.478 e. The van der Waals surface area contributed by atoms with Gasteiger partial charge in [-0.3, -0.25) is 0 Å². The first-order valence-corrected chi connectivity index (χ1v) is 7.08. The molecule has 4 nitrogen and oxygen atoms in total. The number of carbonyl (C=O) groups is 1. The maximum atomic E-state index is 11.1. The molecule has 0 saturated carbocycles. The average molecular weight is 302 g/mol. The molecule has 0 radical (unpaired) electrons. The third-order valence-electron chi connectivity index (χ3n) is 2.54. The Bertz CT molecular complexity index is 613. The van der Waals surface area contributed by atoms with Gasteiger partial charge in [-0.15, -0.1) is 0 Å². The number of benzene rings is 2. The summed E-state index contributed by atoms with van der Waals surface area (Å²) in [5, 5.41) is 9.06. The van der Waals surface area contributed by atoms with Crippen LogP contribution < -0.4 is 4.89 Å². The molecule has 0 bridgehead atoms. The van der Waals surface area contributed by atoms with Gasteiger partial charge in [0, 0.05) is 4.90 Å². The van der Waals surface area contributed by atoms with E-state index in [-0.39, 0.29) is 11.3 Å². The molecule has 108 valence electrons. The molecule has 0 aliphatic rings. The lowest BCUT2D eigenvalue weighted by atomic mass is 10.2. The Hall–Kier alpha value is -2.24. The van der Waals surface area contributed by atoms with E-state index in [1.54, 1.807) is 18.2 Å². The number of para-hydroxylation sites is 1. The second-order valence-corrected chi connectivity index (χ2v) is 5.19. The lowest BCUT2D eigenvalue weighted by molar-refractivity contribution is -0.207. The second kappa shape index (κ2) is 7.52. The van der Waals surface area contributed by atoms with Gasteiger partial charge in [-0.2, -0.15) is 4.89 Å². The highest BCUT2D eigenvalue weighted by molar-refractivity contribution is 8.00. The van der Waals surface area contributed by atoms with Crippen molar-refractivity contribution < 1.29 is 19.7 Å². The zero-order chi connectivity index (χ0) is 15.1. The smallest absolute Gasteiger partial charge is 0.339 e. The number of aromatic carboxylic acids is 1. The van der Waals surface area contributed by atoms with E-state index < -0.39 is 11.4 Å². The Morgan fingerprint density at radius 3 is 2.48 bits per heavy atom. The topological polar surface area (TPSA) is 55.8 Å². The van der Waals surface area contributed by atoms with Crippen molar-refractivity contribution in [3.63, 3.8) is 0 Å². The molecule has 2 rings (SSSR count). The monoisotopic (exact) mass is 302 g/mol. The summed E-state index contributed by atoms with van der Waals surface area (Å²) in [5.41, 5.74) is -0.403. The quantitative estimate of drug-likeness (QED) is 0.275. The van der Waals surface area contributed by atoms with Crippen LogP contribution in [-0.4, -0.2) is 16.5 Å². The summed E-state index contributed by atoms with van der Waals surface area (Å²) >= 11 is 1.41. The fourth-order valence-electron chi connectivity index (χ4n) is 1.56. The van der Waals surface area contributed by atoms with Crippen LogP contribution in [0.25, 0.3) is 0 Å². The van der Waals surface area contributed by atoms with Gasteiger partial charge in [0.1, 0.15) is 5.56 Å². The number of rotatable bonds is 7. The van der Waals surface area contributed by atoms with Crippen LogP contribution in [0.2, 0.25) is 0 Å². The molecule has 0 saturated heterocycles. The molecule has 0 aliphatic carbocycles. The number of hydrogen-bond acceptors (Lipinski definition) is 4. The lowest BCUT2D eigenvalue weighted by Gasteiger charge is -2.13. The van der Waals surface area contributed by atoms with Crippen LogP contribution in [-0.2, 0) is 4.89 Å². The Morgan fingerprint density at radius 1 is 1.14 bits per heavy atom. The molecule has 1 N–H and O–H groups in total. The van der Waals surface area contributed by atoms with Crippen LogP contribution in [0, 0.1) is 0 Å². The summed E-state index contributed by atoms with van der Waals surface area (Å²) in [7, 11) is 0. The van der Waals surface area contributed by atoms with Gasteiger partial charge < -0.3 is 9.99 Å². The minimum absolute atomic E-state index is 0.0463. The molecule has 0 aliphatic heterocycles. The van der Waals surface area contributed by atoms with Crippen LogP contribution in [0.5, 0.6) is 5.75 Å². The SMILES string of the molecule is C=CC(OOc1ccccc1C(=O)O)Sc1ccccc1. The highest BCUT2D eigenvalue weighted by atomic mass is 32.2. The Kier molecular flexibility index (Phi) is 5.43. The molecule has 0 aromatic heterocycles. The second-order valence-electron chi connectivity index (χ2n) is 4.02. The van der Waals surface area contributed by atoms with E-state index in [1.165, 1.54) is 23.9 Å². The van der Waals surface area contributed by atoms with E-state index in [1.807, 2.05) is 30.3 Å². The van der Waals surface area contributed by atoms with Gasteiger partial charge in [0.15, 0.2) is 11.2 Å². The molecule has 0 spiro atoms. The van der Waals surface area contributed by atoms with Crippen LogP contribution >= 0.6 is 11.8 Å². The highest BCUT2D eigenvalue weighted by Crippen LogP contribution is 2.26. The Morgan fingerprint density at radius 2 is 1.81 bits per heavy atom. The van der Waals surface area contributed by atoms with Crippen LogP contribution in [0.15, 0.2) is 72.1 Å². The predicted octanol–water partition coefficient (Wildman–Crippen LogP) is 4.00. The molecular formula is C16H14O4S. The van der Waals surface area contributed by atoms with E-state index in [0.717, 1.165) is 4.90 Å². The molecule has 1 unspecified atom stereocenters. The molecule has 0 amide bonds. The standard InChI is InChI=1S/C16H14O4S/c1-2-15(21-12-8-4-3-5-9-12)20-19-14-11-7-6-10-13(14)16(17)18/h2-11,15H,1H2,(H,17,18). The van der Waals surface area contributed by atoms with Crippen molar-refractivity contribution in [3.8, 4) is 5.75 Å². The number of carboxylic acids is 1. The van der Waals surface area contributed by atoms with Crippen LogP contribution in [0.4, 0.5) is 0 Å². The Balaban J connectivity index is 2.01. The molecule has 0 fully saturated rings. The minimum Gasteiger partial charge on any atom is -0.478 e. The highest BCUT2D eigenvalue weighted by Gasteiger charge is 2.14. The van der Waals surface area contributed by atoms with Gasteiger partial charge in [0.2, 0.25) is 0 Å². The fraction of sp³-hybridized carbons (Fsp3) is 0.0625. The Labute approximate surface area is 126 Å². The molecule has 21 heavy (non-hydrogen) atoms. The first kappa shape index (κ1) is 15.2. The zero-order valence-corrected chi connectivity index (χ0v) is 12.0. The van der Waals surface area contributed by atoms with Gasteiger partial charge in [-0.05, 0) is 30.3 Å². The van der Waals surface area contributed by atoms with Crippen LogP contribution in [0.1, 0.15) is 10.4 Å². The predicted molar refractivity (Wildman–Crippen MR) is 81.4 cm³/mol. The van der Waals surface area contributed by atoms with Crippen molar-refractivity contribution in [2.24, 2.45) is 0 Å². The molecule has 2 aromatic carbocycles. The van der Waals surface area contributed by atoms with E-state index >= 15 is 0 Å². The zero-order valence-electron chi connectivity index (χ0n) is 11.1. The lowest BCUT2D eigenvalue weighted by Crippen LogP contribution is -2.10. The summed E-state index contributed by atoms with van der Waals surface area (Å²) in [5.74, 6) is -0.912. The average Bonchev–Trinajstić information content (AvgIpc) is 2.52. The van der Waals surface area contributed by atoms with Crippen molar-refractivity contribution in [3.05, 3.63) is 72.8 Å². The summed E-state index contributed by atoms with van der Waals surface area (Å²) in [6.07, 6.45) is 1.58. The van der Waals surface area contributed by atoms with Crippen molar-refractivity contribution in [1.29, 1.82) is 0 Å². The molecule has 5 heteroatoms. The number of carboxylic acid groups (broad SMARTS) is 1. The summed E-state index contributed by atoms with van der Waals surface area (Å²) < 4.78 is 0. The number of thioether (sulfide) groups is 1. The first-order chi connectivity index (χ1) is 10.2. The molecule has 0 heterocycles. The van der Waals surface area contributed by atoms with E-state index in [0.29, 0.717) is 0 Å². The van der Waals surface area contributed by atoms with Crippen molar-refractivity contribution in [2.45, 2.75) is 10.3 Å². The number of hydrogen-bond donors (Lipinski definition) is 1. The van der Waals surface area contributed by atoms with Gasteiger partial charge in [0.05, 0.1) is 0 Å². The molecule has 2 aromatic rings. The fourth-order valence-corrected chi connectivity index (χ4v) is 2.31. The third-order valence-corrected chi connectivity index (χ3v) is 3.59. The minimum atomic E-state index is -1.07. The van der Waals surface area contributed by atoms with Gasteiger partial charge in [0.25, 0.3) is 0 Å². The van der Waals surface area contributed by atoms with Crippen LogP contribution in [0.3, 0.4) is 0 Å². The first-order valence-electron chi connectivity index (χ1n) is 6.20. The van der Waals surface area contributed by atoms with Crippen molar-refractivity contribution in [2.75, 3.05) is 0 Å². The van der Waals surface area contributed by atoms with Gasteiger partial charge in [-0.25, -0.2) is 4.79 Å². The van der Waals surface area contributed by atoms with Gasteiger partial charge in [-0.1, -0.05) is 48.7 Å². The maximum Gasteiger partial charge on any atom is 0.339 e. The summed E-state index contributed by atoms with van der Waals surface area (Å²) in [4.78, 5) is 22.5. The van der Waals surface area contributed by atoms with E-state index in [2.05, 4.69) is 6.58 Å². The van der Waals surface area contributed by atoms with Gasteiger partial charge >= 0.3 is 5.97 Å². The molecule has 1 atom stereocenters. The third kappa shape index (κ3) is 4.37. The normalized spacial score (nSPS) is 11.6. The van der Waals surface area contributed by atoms with E-state index in [9.17, 15) is 4.79 Å². The summed E-state index contributed by atoms with van der Waals surface area (Å²) in [6, 6.07) is 15.9.